The van der Waals surface area contributed by atoms with E-state index in [0.717, 1.165) is 19.4 Å². The van der Waals surface area contributed by atoms with Crippen molar-refractivity contribution in [2.75, 3.05) is 12.8 Å². The average molecular weight is 269 g/mol. The maximum atomic E-state index is 12.8. The molecular formula is C14H20FNOS. The molecule has 0 amide bonds. The molecule has 2 atom stereocenters. The van der Waals surface area contributed by atoms with Gasteiger partial charge in [0.05, 0.1) is 0 Å². The molecule has 18 heavy (non-hydrogen) atoms. The SMILES string of the molecule is C[C@@H](CNC1CC(c2ccc(F)cc2)C1)[S@](C)=O. The van der Waals surface area contributed by atoms with Crippen LogP contribution >= 0.6 is 0 Å². The van der Waals surface area contributed by atoms with E-state index in [1.54, 1.807) is 6.26 Å². The zero-order chi connectivity index (χ0) is 13.1. The molecule has 0 spiro atoms. The van der Waals surface area contributed by atoms with Gasteiger partial charge in [-0.2, -0.15) is 0 Å². The van der Waals surface area contributed by atoms with Crippen molar-refractivity contribution in [1.82, 2.24) is 5.32 Å². The molecule has 2 nitrogen and oxygen atoms in total. The summed E-state index contributed by atoms with van der Waals surface area (Å²) < 4.78 is 24.0. The number of hydrogen-bond acceptors (Lipinski definition) is 2. The highest BCUT2D eigenvalue weighted by molar-refractivity contribution is 7.84. The second-order valence-corrected chi connectivity index (χ2v) is 6.94. The first kappa shape index (κ1) is 13.7. The highest BCUT2D eigenvalue weighted by atomic mass is 32.2. The van der Waals surface area contributed by atoms with Gasteiger partial charge in [0.15, 0.2) is 0 Å². The molecule has 1 aliphatic rings. The summed E-state index contributed by atoms with van der Waals surface area (Å²) in [6.07, 6.45) is 3.93. The molecule has 0 unspecified atom stereocenters. The summed E-state index contributed by atoms with van der Waals surface area (Å²) in [7, 11) is -0.756. The van der Waals surface area contributed by atoms with Crippen LogP contribution < -0.4 is 5.32 Å². The lowest BCUT2D eigenvalue weighted by Gasteiger charge is -2.37. The summed E-state index contributed by atoms with van der Waals surface area (Å²) in [5, 5.41) is 3.65. The minimum Gasteiger partial charge on any atom is -0.313 e. The van der Waals surface area contributed by atoms with Crippen LogP contribution in [0.4, 0.5) is 4.39 Å². The zero-order valence-electron chi connectivity index (χ0n) is 10.9. The highest BCUT2D eigenvalue weighted by Gasteiger charge is 2.30. The molecule has 1 N–H and O–H groups in total. The minimum absolute atomic E-state index is 0.174. The first-order valence-electron chi connectivity index (χ1n) is 6.37. The number of rotatable bonds is 5. The van der Waals surface area contributed by atoms with Gasteiger partial charge < -0.3 is 5.32 Å². The number of nitrogens with one attached hydrogen (secondary N) is 1. The van der Waals surface area contributed by atoms with Gasteiger partial charge in [0, 0.05) is 34.9 Å². The van der Waals surface area contributed by atoms with E-state index in [0.29, 0.717) is 12.0 Å². The van der Waals surface area contributed by atoms with E-state index >= 15 is 0 Å². The summed E-state index contributed by atoms with van der Waals surface area (Å²) in [5.74, 6) is 0.373. The van der Waals surface area contributed by atoms with Gasteiger partial charge in [-0.15, -0.1) is 0 Å². The first-order chi connectivity index (χ1) is 8.56. The van der Waals surface area contributed by atoms with Crippen LogP contribution in [0.25, 0.3) is 0 Å². The van der Waals surface area contributed by atoms with E-state index in [4.69, 9.17) is 0 Å². The first-order valence-corrected chi connectivity index (χ1v) is 7.99. The Morgan fingerprint density at radius 1 is 1.39 bits per heavy atom. The molecule has 1 aliphatic carbocycles. The molecule has 1 saturated carbocycles. The lowest BCUT2D eigenvalue weighted by Crippen LogP contribution is -2.43. The van der Waals surface area contributed by atoms with Gasteiger partial charge >= 0.3 is 0 Å². The number of halogens is 1. The maximum Gasteiger partial charge on any atom is 0.123 e. The minimum atomic E-state index is -0.756. The Bertz CT molecular complexity index is 414. The third-order valence-corrected chi connectivity index (χ3v) is 5.04. The van der Waals surface area contributed by atoms with Crippen molar-refractivity contribution in [2.45, 2.75) is 37.0 Å². The summed E-state index contributed by atoms with van der Waals surface area (Å²) in [5.41, 5.74) is 1.22. The van der Waals surface area contributed by atoms with Crippen molar-refractivity contribution in [1.29, 1.82) is 0 Å². The molecular weight excluding hydrogens is 249 g/mol. The Balaban J connectivity index is 1.74. The topological polar surface area (TPSA) is 29.1 Å². The van der Waals surface area contributed by atoms with Gasteiger partial charge in [-0.3, -0.25) is 4.21 Å². The molecule has 0 saturated heterocycles. The Morgan fingerprint density at radius 2 is 2.00 bits per heavy atom. The fourth-order valence-corrected chi connectivity index (χ4v) is 2.57. The van der Waals surface area contributed by atoms with Crippen LogP contribution in [-0.4, -0.2) is 28.3 Å². The van der Waals surface area contributed by atoms with Gasteiger partial charge in [-0.1, -0.05) is 12.1 Å². The van der Waals surface area contributed by atoms with Crippen molar-refractivity contribution in [2.24, 2.45) is 0 Å². The van der Waals surface area contributed by atoms with Crippen molar-refractivity contribution < 1.29 is 8.60 Å². The maximum absolute atomic E-state index is 12.8. The zero-order valence-corrected chi connectivity index (χ0v) is 11.7. The molecule has 0 bridgehead atoms. The van der Waals surface area contributed by atoms with Crippen LogP contribution in [0, 0.1) is 5.82 Å². The van der Waals surface area contributed by atoms with Gasteiger partial charge in [0.25, 0.3) is 0 Å². The van der Waals surface area contributed by atoms with E-state index in [1.807, 2.05) is 19.1 Å². The van der Waals surface area contributed by atoms with Crippen LogP contribution in [0.3, 0.4) is 0 Å². The molecule has 4 heteroatoms. The molecule has 0 aromatic heterocycles. The Kier molecular flexibility index (Phi) is 4.51. The summed E-state index contributed by atoms with van der Waals surface area (Å²) >= 11 is 0. The van der Waals surface area contributed by atoms with E-state index in [1.165, 1.54) is 17.7 Å². The normalized spacial score (nSPS) is 26.4. The monoisotopic (exact) mass is 269 g/mol. The molecule has 1 aromatic carbocycles. The summed E-state index contributed by atoms with van der Waals surface area (Å²) in [4.78, 5) is 0. The molecule has 1 fully saturated rings. The predicted molar refractivity (Wildman–Crippen MR) is 73.7 cm³/mol. The fraction of sp³-hybridized carbons (Fsp3) is 0.571. The lowest BCUT2D eigenvalue weighted by molar-refractivity contribution is 0.292. The van der Waals surface area contributed by atoms with Crippen LogP contribution in [0.1, 0.15) is 31.2 Å². The summed E-state index contributed by atoms with van der Waals surface area (Å²) in [6.45, 7) is 2.81. The van der Waals surface area contributed by atoms with E-state index < -0.39 is 10.8 Å². The standard InChI is InChI=1S/C14H20FNOS/c1-10(18(2)17)9-16-14-7-12(8-14)11-3-5-13(15)6-4-11/h3-6,10,12,14,16H,7-9H2,1-2H3/t10-,12?,14?,18-/m0/s1. The van der Waals surface area contributed by atoms with Crippen LogP contribution in [-0.2, 0) is 10.8 Å². The van der Waals surface area contributed by atoms with Crippen molar-refractivity contribution in [3.63, 3.8) is 0 Å². The third-order valence-electron chi connectivity index (χ3n) is 3.74. The number of hydrogen-bond donors (Lipinski definition) is 1. The van der Waals surface area contributed by atoms with Gasteiger partial charge in [0.1, 0.15) is 5.82 Å². The Labute approximate surface area is 110 Å². The summed E-state index contributed by atoms with van der Waals surface area (Å²) in [6, 6.07) is 7.32. The molecule has 0 aliphatic heterocycles. The van der Waals surface area contributed by atoms with E-state index in [-0.39, 0.29) is 11.1 Å². The smallest absolute Gasteiger partial charge is 0.123 e. The molecule has 0 heterocycles. The van der Waals surface area contributed by atoms with Gasteiger partial charge in [-0.25, -0.2) is 4.39 Å². The molecule has 2 rings (SSSR count). The Morgan fingerprint density at radius 3 is 2.56 bits per heavy atom. The van der Waals surface area contributed by atoms with Crippen molar-refractivity contribution >= 4 is 10.8 Å². The largest absolute Gasteiger partial charge is 0.313 e. The average Bonchev–Trinajstić information content (AvgIpc) is 2.28. The van der Waals surface area contributed by atoms with E-state index in [2.05, 4.69) is 5.32 Å². The van der Waals surface area contributed by atoms with Crippen LogP contribution in [0.15, 0.2) is 24.3 Å². The molecule has 0 radical (unpaired) electrons. The second-order valence-electron chi connectivity index (χ2n) is 5.13. The van der Waals surface area contributed by atoms with Gasteiger partial charge in [0.2, 0.25) is 0 Å². The Hall–Kier alpha value is -0.740. The fourth-order valence-electron chi connectivity index (χ4n) is 2.24. The lowest BCUT2D eigenvalue weighted by atomic mass is 9.76. The third kappa shape index (κ3) is 3.39. The predicted octanol–water partition coefficient (Wildman–Crippen LogP) is 2.43. The van der Waals surface area contributed by atoms with Crippen LogP contribution in [0.2, 0.25) is 0 Å². The van der Waals surface area contributed by atoms with Crippen LogP contribution in [0.5, 0.6) is 0 Å². The van der Waals surface area contributed by atoms with E-state index in [9.17, 15) is 8.60 Å². The van der Waals surface area contributed by atoms with Gasteiger partial charge in [-0.05, 0) is 43.4 Å². The molecule has 1 aromatic rings. The highest BCUT2D eigenvalue weighted by Crippen LogP contribution is 2.36. The van der Waals surface area contributed by atoms with Crippen molar-refractivity contribution in [3.05, 3.63) is 35.6 Å². The second kappa shape index (κ2) is 5.93. The quantitative estimate of drug-likeness (QED) is 0.889. The van der Waals surface area contributed by atoms with Crippen molar-refractivity contribution in [3.8, 4) is 0 Å². The molecule has 100 valence electrons. The number of benzene rings is 1.